The summed E-state index contributed by atoms with van der Waals surface area (Å²) in [6, 6.07) is 15.9. The van der Waals surface area contributed by atoms with Gasteiger partial charge in [-0.3, -0.25) is 4.79 Å². The molecular formula is C20H26ClFN2O2. The van der Waals surface area contributed by atoms with Gasteiger partial charge < -0.3 is 15.4 Å². The molecule has 0 fully saturated rings. The van der Waals surface area contributed by atoms with Crippen LogP contribution >= 0.6 is 12.4 Å². The second-order valence-electron chi connectivity index (χ2n) is 5.85. The van der Waals surface area contributed by atoms with Crippen molar-refractivity contribution in [3.63, 3.8) is 0 Å². The summed E-state index contributed by atoms with van der Waals surface area (Å²) in [6.45, 7) is 2.17. The largest absolute Gasteiger partial charge is 0.493 e. The van der Waals surface area contributed by atoms with Gasteiger partial charge in [0.15, 0.2) is 0 Å². The maximum absolute atomic E-state index is 13.1. The second kappa shape index (κ2) is 12.3. The normalized spacial score (nSPS) is 10.1. The van der Waals surface area contributed by atoms with Gasteiger partial charge in [0, 0.05) is 25.6 Å². The summed E-state index contributed by atoms with van der Waals surface area (Å²) in [4.78, 5) is 14.3. The Morgan fingerprint density at radius 3 is 2.54 bits per heavy atom. The lowest BCUT2D eigenvalue weighted by molar-refractivity contribution is -0.132. The second-order valence-corrected chi connectivity index (χ2v) is 5.85. The first-order valence-corrected chi connectivity index (χ1v) is 8.59. The summed E-state index contributed by atoms with van der Waals surface area (Å²) < 4.78 is 18.6. The Bertz CT molecular complexity index is 655. The SMILES string of the molecule is Cl.NCCCN(Cc1ccccc1)C(=O)CCCOc1cccc(F)c1. The molecule has 0 radical (unpaired) electrons. The van der Waals surface area contributed by atoms with Gasteiger partial charge in [0.05, 0.1) is 6.61 Å². The first-order chi connectivity index (χ1) is 12.2. The number of carbonyl (C=O) groups is 1. The van der Waals surface area contributed by atoms with Crippen LogP contribution in [0.5, 0.6) is 5.75 Å². The van der Waals surface area contributed by atoms with Gasteiger partial charge in [-0.2, -0.15) is 0 Å². The van der Waals surface area contributed by atoms with Gasteiger partial charge in [0.25, 0.3) is 0 Å². The summed E-state index contributed by atoms with van der Waals surface area (Å²) in [7, 11) is 0. The molecule has 0 aromatic heterocycles. The molecule has 0 saturated carbocycles. The molecule has 0 saturated heterocycles. The van der Waals surface area contributed by atoms with Crippen molar-refractivity contribution in [1.82, 2.24) is 4.90 Å². The molecule has 0 aliphatic rings. The lowest BCUT2D eigenvalue weighted by Gasteiger charge is -2.23. The highest BCUT2D eigenvalue weighted by Crippen LogP contribution is 2.13. The predicted molar refractivity (Wildman–Crippen MR) is 104 cm³/mol. The van der Waals surface area contributed by atoms with Crippen LogP contribution in [-0.2, 0) is 11.3 Å². The maximum atomic E-state index is 13.1. The summed E-state index contributed by atoms with van der Waals surface area (Å²) >= 11 is 0. The van der Waals surface area contributed by atoms with Crippen molar-refractivity contribution in [1.29, 1.82) is 0 Å². The van der Waals surface area contributed by atoms with Crippen LogP contribution < -0.4 is 10.5 Å². The number of hydrogen-bond acceptors (Lipinski definition) is 3. The van der Waals surface area contributed by atoms with Crippen LogP contribution in [0.4, 0.5) is 4.39 Å². The molecular weight excluding hydrogens is 355 g/mol. The molecule has 4 nitrogen and oxygen atoms in total. The van der Waals surface area contributed by atoms with E-state index < -0.39 is 0 Å². The Morgan fingerprint density at radius 2 is 1.85 bits per heavy atom. The number of carbonyl (C=O) groups excluding carboxylic acids is 1. The lowest BCUT2D eigenvalue weighted by atomic mass is 10.2. The third kappa shape index (κ3) is 7.85. The number of hydrogen-bond donors (Lipinski definition) is 1. The number of ether oxygens (including phenoxy) is 1. The lowest BCUT2D eigenvalue weighted by Crippen LogP contribution is -2.32. The van der Waals surface area contributed by atoms with Crippen LogP contribution in [0.2, 0.25) is 0 Å². The smallest absolute Gasteiger partial charge is 0.222 e. The molecule has 0 atom stereocenters. The van der Waals surface area contributed by atoms with E-state index in [2.05, 4.69) is 0 Å². The van der Waals surface area contributed by atoms with Crippen molar-refractivity contribution in [3.8, 4) is 5.75 Å². The number of amides is 1. The topological polar surface area (TPSA) is 55.6 Å². The average molecular weight is 381 g/mol. The van der Waals surface area contributed by atoms with Gasteiger partial charge in [0.1, 0.15) is 11.6 Å². The standard InChI is InChI=1S/C20H25FN2O2.ClH/c21-18-9-4-10-19(15-18)25-14-5-11-20(24)23(13-6-12-22)16-17-7-2-1-3-8-17;/h1-4,7-10,15H,5-6,11-14,16,22H2;1H. The number of rotatable bonds is 10. The minimum absolute atomic E-state index is 0. The molecule has 2 aromatic rings. The van der Waals surface area contributed by atoms with Gasteiger partial charge in [-0.25, -0.2) is 4.39 Å². The molecule has 0 bridgehead atoms. The minimum Gasteiger partial charge on any atom is -0.493 e. The van der Waals surface area contributed by atoms with Crippen molar-refractivity contribution < 1.29 is 13.9 Å². The molecule has 0 aliphatic heterocycles. The average Bonchev–Trinajstić information content (AvgIpc) is 2.63. The Morgan fingerprint density at radius 1 is 1.08 bits per heavy atom. The Balaban J connectivity index is 0.00000338. The van der Waals surface area contributed by atoms with Crippen LogP contribution in [0.3, 0.4) is 0 Å². The highest BCUT2D eigenvalue weighted by atomic mass is 35.5. The molecule has 142 valence electrons. The van der Waals surface area contributed by atoms with Crippen molar-refractivity contribution >= 4 is 18.3 Å². The van der Waals surface area contributed by atoms with E-state index in [1.165, 1.54) is 12.1 Å². The van der Waals surface area contributed by atoms with E-state index in [0.29, 0.717) is 44.8 Å². The quantitative estimate of drug-likeness (QED) is 0.638. The van der Waals surface area contributed by atoms with Gasteiger partial charge in [-0.05, 0) is 37.1 Å². The number of benzene rings is 2. The van der Waals surface area contributed by atoms with Crippen molar-refractivity contribution in [2.45, 2.75) is 25.8 Å². The highest BCUT2D eigenvalue weighted by molar-refractivity contribution is 5.85. The van der Waals surface area contributed by atoms with E-state index in [4.69, 9.17) is 10.5 Å². The van der Waals surface area contributed by atoms with E-state index in [1.807, 2.05) is 35.2 Å². The van der Waals surface area contributed by atoms with E-state index >= 15 is 0 Å². The molecule has 0 aliphatic carbocycles. The van der Waals surface area contributed by atoms with E-state index in [9.17, 15) is 9.18 Å². The maximum Gasteiger partial charge on any atom is 0.222 e. The minimum atomic E-state index is -0.329. The van der Waals surface area contributed by atoms with Gasteiger partial charge in [0.2, 0.25) is 5.91 Å². The van der Waals surface area contributed by atoms with Gasteiger partial charge in [-0.1, -0.05) is 36.4 Å². The van der Waals surface area contributed by atoms with Crippen molar-refractivity contribution in [3.05, 3.63) is 66.0 Å². The zero-order valence-corrected chi connectivity index (χ0v) is 15.6. The summed E-state index contributed by atoms with van der Waals surface area (Å²) in [5.41, 5.74) is 6.68. The zero-order chi connectivity index (χ0) is 17.9. The van der Waals surface area contributed by atoms with Crippen LogP contribution in [0.15, 0.2) is 54.6 Å². The fraction of sp³-hybridized carbons (Fsp3) is 0.350. The first kappa shape index (κ1) is 21.9. The zero-order valence-electron chi connectivity index (χ0n) is 14.8. The Hall–Kier alpha value is -2.11. The summed E-state index contributed by atoms with van der Waals surface area (Å²) in [6.07, 6.45) is 1.76. The van der Waals surface area contributed by atoms with Crippen LogP contribution in [0.25, 0.3) is 0 Å². The van der Waals surface area contributed by atoms with Gasteiger partial charge in [-0.15, -0.1) is 12.4 Å². The summed E-state index contributed by atoms with van der Waals surface area (Å²) in [5.74, 6) is 0.237. The predicted octanol–water partition coefficient (Wildman–Crippen LogP) is 3.78. The Labute approximate surface area is 160 Å². The molecule has 0 spiro atoms. The van der Waals surface area contributed by atoms with Crippen LogP contribution in [-0.4, -0.2) is 30.5 Å². The number of nitrogens with two attached hydrogens (primary N) is 1. The molecule has 2 rings (SSSR count). The monoisotopic (exact) mass is 380 g/mol. The number of halogens is 2. The van der Waals surface area contributed by atoms with E-state index in [-0.39, 0.29) is 24.1 Å². The molecule has 26 heavy (non-hydrogen) atoms. The fourth-order valence-electron chi connectivity index (χ4n) is 2.51. The molecule has 2 N–H and O–H groups in total. The molecule has 6 heteroatoms. The first-order valence-electron chi connectivity index (χ1n) is 8.59. The van der Waals surface area contributed by atoms with Crippen molar-refractivity contribution in [2.75, 3.05) is 19.7 Å². The third-order valence-corrected chi connectivity index (χ3v) is 3.80. The highest BCUT2D eigenvalue weighted by Gasteiger charge is 2.13. The van der Waals surface area contributed by atoms with Crippen LogP contribution in [0, 0.1) is 5.82 Å². The molecule has 0 unspecified atom stereocenters. The third-order valence-electron chi connectivity index (χ3n) is 3.80. The molecule has 0 heterocycles. The summed E-state index contributed by atoms with van der Waals surface area (Å²) in [5, 5.41) is 0. The Kier molecular flexibility index (Phi) is 10.4. The molecule has 1 amide bonds. The van der Waals surface area contributed by atoms with Crippen LogP contribution in [0.1, 0.15) is 24.8 Å². The van der Waals surface area contributed by atoms with Gasteiger partial charge >= 0.3 is 0 Å². The fourth-order valence-corrected chi connectivity index (χ4v) is 2.51. The van der Waals surface area contributed by atoms with E-state index in [1.54, 1.807) is 12.1 Å². The van der Waals surface area contributed by atoms with Crippen molar-refractivity contribution in [2.24, 2.45) is 5.73 Å². The van der Waals surface area contributed by atoms with E-state index in [0.717, 1.165) is 12.0 Å². The molecule has 2 aromatic carbocycles. The number of nitrogens with zero attached hydrogens (tertiary/aromatic N) is 1.